The Bertz CT molecular complexity index is 2720. The SMILES string of the molecule is CCCn1c(NC(=O)c2cccc(C(N)=O)c2)nc2cc(/C=C/C(=O)NCCCOCCOCCOCCOCCOCCCNC(=O)c3ccc(N=Nc4cc(CCNC(=O)OC(C)(C)C)ccc4O)cc3)ccc21. The number of nitrogens with one attached hydrogen (secondary N) is 4. The molecule has 7 N–H and O–H groups in total. The van der Waals surface area contributed by atoms with Crippen molar-refractivity contribution in [1.29, 1.82) is 0 Å². The summed E-state index contributed by atoms with van der Waals surface area (Å²) in [6.07, 6.45) is 5.25. The summed E-state index contributed by atoms with van der Waals surface area (Å²) in [6.45, 7) is 13.6. The molecule has 0 aliphatic heterocycles. The molecule has 21 nitrogen and oxygen atoms in total. The van der Waals surface area contributed by atoms with Crippen LogP contribution in [0.4, 0.5) is 22.1 Å². The summed E-state index contributed by atoms with van der Waals surface area (Å²) in [5, 5.41) is 29.9. The van der Waals surface area contributed by atoms with Crippen LogP contribution in [0.3, 0.4) is 0 Å². The third-order valence-corrected chi connectivity index (χ3v) is 10.8. The quantitative estimate of drug-likeness (QED) is 0.0136. The number of benzene rings is 4. The van der Waals surface area contributed by atoms with Gasteiger partial charge in [-0.3, -0.25) is 24.5 Å². The smallest absolute Gasteiger partial charge is 0.407 e. The molecule has 1 heterocycles. The number of imidazole rings is 1. The Labute approximate surface area is 442 Å². The van der Waals surface area contributed by atoms with Crippen LogP contribution >= 0.6 is 0 Å². The second kappa shape index (κ2) is 32.0. The van der Waals surface area contributed by atoms with E-state index in [-0.39, 0.29) is 34.4 Å². The highest BCUT2D eigenvalue weighted by Gasteiger charge is 2.17. The van der Waals surface area contributed by atoms with Gasteiger partial charge in [0, 0.05) is 62.2 Å². The van der Waals surface area contributed by atoms with E-state index in [9.17, 15) is 29.1 Å². The number of carbonyl (C=O) groups is 5. The van der Waals surface area contributed by atoms with Gasteiger partial charge in [-0.2, -0.15) is 5.11 Å². The van der Waals surface area contributed by atoms with Gasteiger partial charge in [-0.1, -0.05) is 25.1 Å². The molecule has 0 aliphatic carbocycles. The number of aromatic nitrogens is 2. The van der Waals surface area contributed by atoms with Crippen molar-refractivity contribution in [2.75, 3.05) is 91.0 Å². The number of fused-ring (bicyclic) bond motifs is 1. The Morgan fingerprint density at radius 1 is 0.684 bits per heavy atom. The van der Waals surface area contributed by atoms with E-state index in [0.717, 1.165) is 23.1 Å². The van der Waals surface area contributed by atoms with E-state index in [4.69, 9.17) is 34.2 Å². The van der Waals surface area contributed by atoms with Crippen molar-refractivity contribution < 1.29 is 57.5 Å². The van der Waals surface area contributed by atoms with Crippen LogP contribution in [0.5, 0.6) is 5.75 Å². The van der Waals surface area contributed by atoms with Gasteiger partial charge in [0.05, 0.1) is 69.6 Å². The van der Waals surface area contributed by atoms with E-state index in [0.29, 0.717) is 134 Å². The Hall–Kier alpha value is -7.56. The molecule has 76 heavy (non-hydrogen) atoms. The Balaban J connectivity index is 0.811. The molecule has 5 aromatic rings. The molecule has 0 bridgehead atoms. The van der Waals surface area contributed by atoms with Gasteiger partial charge in [0.15, 0.2) is 0 Å². The summed E-state index contributed by atoms with van der Waals surface area (Å²) in [5.41, 5.74) is 9.68. The molecular formula is C55H71N9O12. The molecule has 0 spiro atoms. The van der Waals surface area contributed by atoms with Crippen LogP contribution in [0.2, 0.25) is 0 Å². The molecule has 0 aliphatic rings. The van der Waals surface area contributed by atoms with Crippen molar-refractivity contribution in [3.8, 4) is 5.75 Å². The van der Waals surface area contributed by atoms with E-state index in [1.165, 1.54) is 18.2 Å². The maximum Gasteiger partial charge on any atom is 0.407 e. The summed E-state index contributed by atoms with van der Waals surface area (Å²) in [4.78, 5) is 66.2. The molecule has 0 saturated carbocycles. The molecule has 1 aromatic heterocycles. The minimum Gasteiger partial charge on any atom is -0.506 e. The van der Waals surface area contributed by atoms with Gasteiger partial charge in [0.1, 0.15) is 17.0 Å². The van der Waals surface area contributed by atoms with Crippen LogP contribution in [-0.2, 0) is 46.2 Å². The number of azo groups is 1. The third-order valence-electron chi connectivity index (χ3n) is 10.8. The van der Waals surface area contributed by atoms with Crippen LogP contribution in [0.25, 0.3) is 17.1 Å². The molecule has 0 radical (unpaired) electrons. The molecule has 0 atom stereocenters. The summed E-state index contributed by atoms with van der Waals surface area (Å²) in [7, 11) is 0. The van der Waals surface area contributed by atoms with E-state index in [2.05, 4.69) is 36.5 Å². The number of hydrogen-bond donors (Lipinski definition) is 6. The number of phenols is 1. The van der Waals surface area contributed by atoms with Crippen LogP contribution in [0, 0.1) is 0 Å². The van der Waals surface area contributed by atoms with Crippen LogP contribution in [0.1, 0.15) is 89.2 Å². The number of aromatic hydroxyl groups is 1. The third kappa shape index (κ3) is 21.7. The lowest BCUT2D eigenvalue weighted by atomic mass is 10.1. The van der Waals surface area contributed by atoms with Gasteiger partial charge < -0.3 is 59.8 Å². The average molecular weight is 1050 g/mol. The highest BCUT2D eigenvalue weighted by Crippen LogP contribution is 2.30. The molecule has 0 fully saturated rings. The minimum absolute atomic E-state index is 0.0333. The van der Waals surface area contributed by atoms with Crippen molar-refractivity contribution in [2.45, 2.75) is 65.5 Å². The predicted molar refractivity (Wildman–Crippen MR) is 287 cm³/mol. The van der Waals surface area contributed by atoms with E-state index < -0.39 is 23.5 Å². The highest BCUT2D eigenvalue weighted by molar-refractivity contribution is 6.06. The molecule has 0 unspecified atom stereocenters. The molecule has 5 rings (SSSR count). The van der Waals surface area contributed by atoms with E-state index >= 15 is 0 Å². The predicted octanol–water partition coefficient (Wildman–Crippen LogP) is 7.41. The average Bonchev–Trinajstić information content (AvgIpc) is 3.73. The topological polar surface area (TPSA) is 278 Å². The fourth-order valence-electron chi connectivity index (χ4n) is 7.08. The maximum absolute atomic E-state index is 13.0. The normalized spacial score (nSPS) is 11.6. The van der Waals surface area contributed by atoms with Gasteiger partial charge in [-0.25, -0.2) is 9.78 Å². The van der Waals surface area contributed by atoms with E-state index in [1.807, 2.05) is 29.7 Å². The number of phenolic OH excluding ortho intramolecular Hbond substituents is 1. The van der Waals surface area contributed by atoms with Gasteiger partial charge in [-0.05, 0) is 130 Å². The standard InChI is InChI=1S/C55H71N9O12/c1-5-25-64-47-18-11-39(36-45(47)60-53(64)61-52(69)43-10-6-9-42(38-43)50(56)67)13-20-49(66)57-22-7-26-71-28-30-73-32-34-75-35-33-74-31-29-72-27-8-23-58-51(68)41-14-16-44(17-15-41)62-63-46-37-40(12-19-48(46)65)21-24-59-54(70)76-55(2,3)4/h6,9-20,36-38,65H,5,7-8,21-35H2,1-4H3,(H2,56,67)(H,57,66)(H,58,68)(H,59,70)(H,60,61,69)/b20-13+,63-62?. The summed E-state index contributed by atoms with van der Waals surface area (Å²) in [5.74, 6) is -1.15. The summed E-state index contributed by atoms with van der Waals surface area (Å²) in [6, 6.07) is 23.4. The number of alkyl carbamates (subject to hydrolysis) is 1. The van der Waals surface area contributed by atoms with Crippen molar-refractivity contribution in [1.82, 2.24) is 25.5 Å². The Morgan fingerprint density at radius 3 is 1.95 bits per heavy atom. The van der Waals surface area contributed by atoms with Gasteiger partial charge in [0.2, 0.25) is 17.8 Å². The molecule has 21 heteroatoms. The van der Waals surface area contributed by atoms with Gasteiger partial charge in [0.25, 0.3) is 11.8 Å². The number of rotatable bonds is 33. The highest BCUT2D eigenvalue weighted by atomic mass is 16.6. The first-order valence-electron chi connectivity index (χ1n) is 25.3. The Morgan fingerprint density at radius 2 is 1.32 bits per heavy atom. The maximum atomic E-state index is 13.0. The van der Waals surface area contributed by atoms with Crippen LogP contribution < -0.4 is 27.0 Å². The minimum atomic E-state index is -0.620. The lowest BCUT2D eigenvalue weighted by molar-refractivity contribution is -0.116. The molecule has 408 valence electrons. The van der Waals surface area contributed by atoms with Crippen molar-refractivity contribution in [2.24, 2.45) is 16.0 Å². The fraction of sp³-hybridized carbons (Fsp3) is 0.418. The fourth-order valence-corrected chi connectivity index (χ4v) is 7.08. The summed E-state index contributed by atoms with van der Waals surface area (Å²) < 4.78 is 35.0. The number of amides is 5. The van der Waals surface area contributed by atoms with Gasteiger partial charge in [-0.15, -0.1) is 5.11 Å². The summed E-state index contributed by atoms with van der Waals surface area (Å²) >= 11 is 0. The number of nitrogens with two attached hydrogens (primary N) is 1. The number of nitrogens with zero attached hydrogens (tertiary/aromatic N) is 4. The molecule has 4 aromatic carbocycles. The lowest BCUT2D eigenvalue weighted by Gasteiger charge is -2.19. The number of ether oxygens (including phenoxy) is 6. The van der Waals surface area contributed by atoms with Crippen LogP contribution in [0.15, 0.2) is 101 Å². The van der Waals surface area contributed by atoms with Crippen molar-refractivity contribution in [3.05, 3.63) is 119 Å². The molecule has 0 saturated heterocycles. The number of anilines is 1. The number of carbonyl (C=O) groups excluding carboxylic acids is 5. The monoisotopic (exact) mass is 1050 g/mol. The van der Waals surface area contributed by atoms with E-state index in [1.54, 1.807) is 81.4 Å². The number of aryl methyl sites for hydroxylation is 1. The van der Waals surface area contributed by atoms with Crippen molar-refractivity contribution >= 4 is 64.2 Å². The molecular weight excluding hydrogens is 979 g/mol. The first-order chi connectivity index (χ1) is 36.7. The largest absolute Gasteiger partial charge is 0.506 e. The lowest BCUT2D eigenvalue weighted by Crippen LogP contribution is -2.33. The zero-order valence-electron chi connectivity index (χ0n) is 43.8. The number of hydrogen-bond acceptors (Lipinski definition) is 15. The molecule has 5 amide bonds. The van der Waals surface area contributed by atoms with Gasteiger partial charge >= 0.3 is 6.09 Å². The second-order valence-corrected chi connectivity index (χ2v) is 18.1. The number of primary amides is 1. The second-order valence-electron chi connectivity index (χ2n) is 18.1. The first-order valence-corrected chi connectivity index (χ1v) is 25.3. The zero-order valence-corrected chi connectivity index (χ0v) is 43.8. The Kier molecular flexibility index (Phi) is 25.0. The first kappa shape index (κ1) is 59.3. The van der Waals surface area contributed by atoms with Crippen molar-refractivity contribution in [3.63, 3.8) is 0 Å². The van der Waals surface area contributed by atoms with Crippen LogP contribution in [-0.4, -0.2) is 136 Å². The zero-order chi connectivity index (χ0) is 54.5.